The minimum Gasteiger partial charge on any atom is -0.443 e. The maximum Gasteiger partial charge on any atom is 0.419 e. The first kappa shape index (κ1) is 28.4. The zero-order valence-corrected chi connectivity index (χ0v) is 21.7. The summed E-state index contributed by atoms with van der Waals surface area (Å²) in [6.07, 6.45) is -2.06. The average Bonchev–Trinajstić information content (AvgIpc) is 3.13. The quantitative estimate of drug-likeness (QED) is 0.351. The summed E-state index contributed by atoms with van der Waals surface area (Å²) in [4.78, 5) is 44.0. The van der Waals surface area contributed by atoms with Crippen LogP contribution in [0.3, 0.4) is 0 Å². The second-order valence-electron chi connectivity index (χ2n) is 9.48. The number of carbonyl (C=O) groups is 3. The van der Waals surface area contributed by atoms with Gasteiger partial charge < -0.3 is 9.64 Å². The van der Waals surface area contributed by atoms with Gasteiger partial charge in [0.05, 0.1) is 22.6 Å². The van der Waals surface area contributed by atoms with Crippen molar-refractivity contribution < 1.29 is 32.3 Å². The van der Waals surface area contributed by atoms with E-state index in [1.165, 1.54) is 21.9 Å². The number of aliphatic imine (C=N–C) groups is 1. The van der Waals surface area contributed by atoms with E-state index in [2.05, 4.69) is 10.3 Å². The number of halogens is 3. The van der Waals surface area contributed by atoms with E-state index in [-0.39, 0.29) is 18.8 Å². The van der Waals surface area contributed by atoms with Gasteiger partial charge in [-0.15, -0.1) is 0 Å². The maximum absolute atomic E-state index is 13.4. The number of rotatable bonds is 6. The molecule has 1 saturated heterocycles. The van der Waals surface area contributed by atoms with E-state index in [9.17, 15) is 27.6 Å². The average molecular weight is 531 g/mol. The monoisotopic (exact) mass is 530 g/mol. The predicted octanol–water partition coefficient (Wildman–Crippen LogP) is 6.28. The third-order valence-corrected chi connectivity index (χ3v) is 5.39. The number of nitrogens with zero attached hydrogens (tertiary/aromatic N) is 3. The third kappa shape index (κ3) is 6.78. The lowest BCUT2D eigenvalue weighted by Gasteiger charge is -2.29. The van der Waals surface area contributed by atoms with Crippen molar-refractivity contribution >= 4 is 41.3 Å². The van der Waals surface area contributed by atoms with Gasteiger partial charge in [-0.25, -0.2) is 14.5 Å². The van der Waals surface area contributed by atoms with E-state index in [4.69, 9.17) is 4.74 Å². The fourth-order valence-corrected chi connectivity index (χ4v) is 3.80. The summed E-state index contributed by atoms with van der Waals surface area (Å²) in [5.41, 5.74) is 0.318. The first-order valence-corrected chi connectivity index (χ1v) is 11.8. The van der Waals surface area contributed by atoms with Crippen LogP contribution >= 0.6 is 0 Å². The standard InChI is InChI=1S/C27H29F3N4O4/c1-6-21(31-7-2)20-14-17(15-33-16-23(35)32-24(33)36)8-13-22(20)34(25(37)38-26(3,4)5)19-11-9-18(10-12-19)27(28,29)30/h6-14H,15-16H2,1-5H3,(H,32,35,36)/b21-6-,31-7?. The number of ether oxygens (including phenoxy) is 1. The van der Waals surface area contributed by atoms with E-state index in [0.29, 0.717) is 22.5 Å². The molecule has 1 N–H and O–H groups in total. The molecule has 0 spiro atoms. The Balaban J connectivity index is 2.17. The van der Waals surface area contributed by atoms with E-state index >= 15 is 0 Å². The van der Waals surface area contributed by atoms with E-state index in [1.54, 1.807) is 65.1 Å². The summed E-state index contributed by atoms with van der Waals surface area (Å²) in [5, 5.41) is 2.22. The molecule has 0 aliphatic carbocycles. The SMILES string of the molecule is CC=N/C(=C\C)c1cc(CN2CC(=O)NC2=O)ccc1N(C(=O)OC(C)(C)C)c1ccc(C(F)(F)F)cc1. The molecule has 1 fully saturated rings. The Bertz CT molecular complexity index is 1280. The summed E-state index contributed by atoms with van der Waals surface area (Å²) < 4.78 is 45.2. The molecule has 1 heterocycles. The van der Waals surface area contributed by atoms with Crippen LogP contribution in [0.25, 0.3) is 5.70 Å². The molecule has 2 aromatic carbocycles. The molecule has 1 aliphatic heterocycles. The number of hydrogen-bond donors (Lipinski definition) is 1. The van der Waals surface area contributed by atoms with Crippen molar-refractivity contribution in [3.63, 3.8) is 0 Å². The van der Waals surface area contributed by atoms with Gasteiger partial charge in [0.1, 0.15) is 12.1 Å². The molecule has 202 valence electrons. The molecule has 38 heavy (non-hydrogen) atoms. The molecule has 11 heteroatoms. The predicted molar refractivity (Wildman–Crippen MR) is 138 cm³/mol. The van der Waals surface area contributed by atoms with Gasteiger partial charge in [-0.05, 0) is 76.6 Å². The van der Waals surface area contributed by atoms with Crippen molar-refractivity contribution in [1.82, 2.24) is 10.2 Å². The van der Waals surface area contributed by atoms with Gasteiger partial charge in [-0.2, -0.15) is 13.2 Å². The molecule has 4 amide bonds. The number of imide groups is 1. The topological polar surface area (TPSA) is 91.3 Å². The summed E-state index contributed by atoms with van der Waals surface area (Å²) in [6, 6.07) is 8.66. The van der Waals surface area contributed by atoms with E-state index in [1.807, 2.05) is 0 Å². The number of nitrogens with one attached hydrogen (secondary N) is 1. The fraction of sp³-hybridized carbons (Fsp3) is 0.333. The third-order valence-electron chi connectivity index (χ3n) is 5.39. The normalized spacial score (nSPS) is 14.7. The second kappa shape index (κ2) is 11.1. The first-order chi connectivity index (χ1) is 17.7. The molecular formula is C27H29F3N4O4. The highest BCUT2D eigenvalue weighted by Crippen LogP contribution is 2.37. The van der Waals surface area contributed by atoms with Crippen LogP contribution in [0.15, 0.2) is 53.5 Å². The Morgan fingerprint density at radius 1 is 1.11 bits per heavy atom. The molecule has 0 radical (unpaired) electrons. The molecule has 0 bridgehead atoms. The zero-order chi connectivity index (χ0) is 28.3. The Morgan fingerprint density at radius 3 is 2.26 bits per heavy atom. The fourth-order valence-electron chi connectivity index (χ4n) is 3.80. The zero-order valence-electron chi connectivity index (χ0n) is 21.7. The highest BCUT2D eigenvalue weighted by Gasteiger charge is 2.32. The maximum atomic E-state index is 13.4. The molecular weight excluding hydrogens is 501 g/mol. The molecule has 0 atom stereocenters. The molecule has 2 aromatic rings. The van der Waals surface area contributed by atoms with Crippen molar-refractivity contribution in [2.75, 3.05) is 11.4 Å². The van der Waals surface area contributed by atoms with E-state index < -0.39 is 35.4 Å². The van der Waals surface area contributed by atoms with Crippen LogP contribution in [0.2, 0.25) is 0 Å². The van der Waals surface area contributed by atoms with Gasteiger partial charge in [0, 0.05) is 18.3 Å². The summed E-state index contributed by atoms with van der Waals surface area (Å²) in [6.45, 7) is 8.54. The number of alkyl halides is 3. The summed E-state index contributed by atoms with van der Waals surface area (Å²) >= 11 is 0. The Kier molecular flexibility index (Phi) is 8.28. The van der Waals surface area contributed by atoms with Gasteiger partial charge in [-0.1, -0.05) is 12.1 Å². The highest BCUT2D eigenvalue weighted by molar-refractivity contribution is 6.02. The molecule has 3 rings (SSSR count). The lowest BCUT2D eigenvalue weighted by atomic mass is 10.0. The first-order valence-electron chi connectivity index (χ1n) is 11.8. The van der Waals surface area contributed by atoms with Gasteiger partial charge in [0.25, 0.3) is 0 Å². The van der Waals surface area contributed by atoms with Crippen LogP contribution in [0.4, 0.5) is 34.1 Å². The number of allylic oxidation sites excluding steroid dienone is 1. The molecule has 0 saturated carbocycles. The Labute approximate surface area is 218 Å². The highest BCUT2D eigenvalue weighted by atomic mass is 19.4. The van der Waals surface area contributed by atoms with Crippen LogP contribution in [-0.4, -0.2) is 41.3 Å². The van der Waals surface area contributed by atoms with Crippen LogP contribution in [0, 0.1) is 0 Å². The van der Waals surface area contributed by atoms with Crippen LogP contribution in [-0.2, 0) is 22.3 Å². The summed E-state index contributed by atoms with van der Waals surface area (Å²) in [5.74, 6) is -0.407. The van der Waals surface area contributed by atoms with Gasteiger partial charge >= 0.3 is 18.3 Å². The number of benzene rings is 2. The van der Waals surface area contributed by atoms with Crippen LogP contribution < -0.4 is 10.2 Å². The van der Waals surface area contributed by atoms with Crippen molar-refractivity contribution in [3.8, 4) is 0 Å². The number of urea groups is 1. The largest absolute Gasteiger partial charge is 0.443 e. The number of hydrogen-bond acceptors (Lipinski definition) is 5. The minimum atomic E-state index is -4.54. The lowest BCUT2D eigenvalue weighted by molar-refractivity contribution is -0.137. The molecule has 8 nitrogen and oxygen atoms in total. The minimum absolute atomic E-state index is 0.0882. The van der Waals surface area contributed by atoms with E-state index in [0.717, 1.165) is 12.1 Å². The summed E-state index contributed by atoms with van der Waals surface area (Å²) in [7, 11) is 0. The smallest absolute Gasteiger partial charge is 0.419 e. The number of anilines is 2. The Hall–Kier alpha value is -4.15. The second-order valence-corrected chi connectivity index (χ2v) is 9.48. The van der Waals surface area contributed by atoms with Crippen molar-refractivity contribution in [2.45, 2.75) is 52.9 Å². The molecule has 1 aliphatic rings. The Morgan fingerprint density at radius 2 is 1.76 bits per heavy atom. The van der Waals surface area contributed by atoms with Gasteiger partial charge in [-0.3, -0.25) is 15.1 Å². The van der Waals surface area contributed by atoms with Crippen molar-refractivity contribution in [2.24, 2.45) is 4.99 Å². The number of amides is 4. The number of carbonyl (C=O) groups excluding carboxylic acids is 3. The van der Waals surface area contributed by atoms with Crippen LogP contribution in [0.1, 0.15) is 51.3 Å². The van der Waals surface area contributed by atoms with Gasteiger partial charge in [0.2, 0.25) is 5.91 Å². The van der Waals surface area contributed by atoms with Crippen LogP contribution in [0.5, 0.6) is 0 Å². The lowest BCUT2D eigenvalue weighted by Crippen LogP contribution is -2.34. The van der Waals surface area contributed by atoms with Crippen molar-refractivity contribution in [3.05, 3.63) is 65.2 Å². The van der Waals surface area contributed by atoms with Gasteiger partial charge in [0.15, 0.2) is 0 Å². The molecule has 0 unspecified atom stereocenters. The molecule has 0 aromatic heterocycles. The van der Waals surface area contributed by atoms with Crippen molar-refractivity contribution in [1.29, 1.82) is 0 Å².